The first-order valence-electron chi connectivity index (χ1n) is 20.4. The van der Waals surface area contributed by atoms with Gasteiger partial charge in [-0.05, 0) is 81.2 Å². The minimum absolute atomic E-state index is 0.837. The molecule has 61 heavy (non-hydrogen) atoms. The fourth-order valence-corrected chi connectivity index (χ4v) is 8.90. The smallest absolute Gasteiger partial charge is 0.146 e. The molecule has 0 radical (unpaired) electrons. The summed E-state index contributed by atoms with van der Waals surface area (Å²) in [5, 5.41) is 6.46. The second-order valence-electron chi connectivity index (χ2n) is 15.4. The highest BCUT2D eigenvalue weighted by Gasteiger charge is 2.20. The average molecular weight is 782 g/mol. The van der Waals surface area contributed by atoms with Crippen LogP contribution in [0.3, 0.4) is 0 Å². The topological polar surface area (TPSA) is 55.3 Å². The van der Waals surface area contributed by atoms with Crippen molar-refractivity contribution >= 4 is 71.7 Å². The van der Waals surface area contributed by atoms with E-state index in [9.17, 15) is 0 Å². The summed E-state index contributed by atoms with van der Waals surface area (Å²) in [5.41, 5.74) is 15.2. The second kappa shape index (κ2) is 14.2. The Bertz CT molecular complexity index is 3410. The minimum atomic E-state index is 0.837. The van der Waals surface area contributed by atoms with Crippen molar-refractivity contribution in [3.8, 4) is 44.5 Å². The lowest BCUT2D eigenvalue weighted by atomic mass is 9.94. The molecule has 0 aliphatic carbocycles. The maximum atomic E-state index is 6.41. The highest BCUT2D eigenvalue weighted by Crippen LogP contribution is 2.44. The lowest BCUT2D eigenvalue weighted by molar-refractivity contribution is 0.669. The molecule has 0 saturated carbocycles. The third-order valence-electron chi connectivity index (χ3n) is 11.9. The first kappa shape index (κ1) is 34.7. The third-order valence-corrected chi connectivity index (χ3v) is 11.9. The Morgan fingerprint density at radius 3 is 1.28 bits per heavy atom. The maximum Gasteiger partial charge on any atom is 0.146 e. The molecule has 5 nitrogen and oxygen atoms in total. The van der Waals surface area contributed by atoms with E-state index < -0.39 is 0 Å². The van der Waals surface area contributed by atoms with E-state index in [0.29, 0.717) is 0 Å². The number of hydrogen-bond acceptors (Lipinski definition) is 5. The minimum Gasteiger partial charge on any atom is -0.455 e. The Kier molecular flexibility index (Phi) is 8.10. The SMILES string of the molecule is c1ccc(-c2ccc(-c3ccc(N(c4ccc(-c5cncc6c5oc5ccccc56)cc4)c4ccc(-c5cncc6c5oc5ccccc56)cc4)c4ccccc34)cc2)cc1. The lowest BCUT2D eigenvalue weighted by Gasteiger charge is -2.28. The number of hydrogen-bond donors (Lipinski definition) is 0. The van der Waals surface area contributed by atoms with Crippen molar-refractivity contribution in [2.75, 3.05) is 4.90 Å². The summed E-state index contributed by atoms with van der Waals surface area (Å²) < 4.78 is 12.8. The molecular weight excluding hydrogens is 747 g/mol. The zero-order chi connectivity index (χ0) is 40.3. The first-order valence-corrected chi connectivity index (χ1v) is 20.4. The van der Waals surface area contributed by atoms with Crippen molar-refractivity contribution in [1.29, 1.82) is 0 Å². The van der Waals surface area contributed by atoms with Gasteiger partial charge in [-0.25, -0.2) is 0 Å². The molecule has 0 bridgehead atoms. The fraction of sp³-hybridized carbons (Fsp3) is 0. The van der Waals surface area contributed by atoms with Gasteiger partial charge in [0, 0.05) is 74.2 Å². The van der Waals surface area contributed by atoms with Gasteiger partial charge in [-0.15, -0.1) is 0 Å². The summed E-state index contributed by atoms with van der Waals surface area (Å²) in [6.07, 6.45) is 7.57. The first-order chi connectivity index (χ1) is 30.2. The molecule has 4 aromatic heterocycles. The molecule has 5 heteroatoms. The Labute approximate surface area is 351 Å². The highest BCUT2D eigenvalue weighted by molar-refractivity contribution is 6.11. The number of pyridine rings is 2. The molecule has 0 fully saturated rings. The zero-order valence-electron chi connectivity index (χ0n) is 32.9. The molecule has 0 unspecified atom stereocenters. The summed E-state index contributed by atoms with van der Waals surface area (Å²) in [4.78, 5) is 11.6. The van der Waals surface area contributed by atoms with E-state index in [4.69, 9.17) is 8.83 Å². The quantitative estimate of drug-likeness (QED) is 0.161. The van der Waals surface area contributed by atoms with Crippen molar-refractivity contribution in [1.82, 2.24) is 9.97 Å². The van der Waals surface area contributed by atoms with Gasteiger partial charge in [0.05, 0.1) is 5.69 Å². The number of rotatable bonds is 7. The standard InChI is InChI=1S/C56H35N3O2/c1-2-10-36(11-3-1)37-18-20-38(21-19-37)43-30-31-52(45-13-5-4-12-44(43)45)59(41-26-22-39(23-27-41)48-32-57-34-50-46-14-6-8-16-53(46)60-55(48)50)42-28-24-40(25-29-42)49-33-58-35-51-47-15-7-9-17-54(47)61-56(49)51/h1-35H. The van der Waals surface area contributed by atoms with E-state index in [2.05, 4.69) is 167 Å². The average Bonchev–Trinajstić information content (AvgIpc) is 3.92. The third kappa shape index (κ3) is 5.86. The highest BCUT2D eigenvalue weighted by atomic mass is 16.3. The van der Waals surface area contributed by atoms with E-state index in [1.807, 2.05) is 61.2 Å². The van der Waals surface area contributed by atoms with Gasteiger partial charge in [-0.2, -0.15) is 0 Å². The van der Waals surface area contributed by atoms with Crippen LogP contribution in [-0.2, 0) is 0 Å². The molecular formula is C56H35N3O2. The number of furan rings is 2. The van der Waals surface area contributed by atoms with Crippen molar-refractivity contribution < 1.29 is 8.83 Å². The Balaban J connectivity index is 0.986. The van der Waals surface area contributed by atoms with Gasteiger partial charge >= 0.3 is 0 Å². The van der Waals surface area contributed by atoms with Gasteiger partial charge in [0.25, 0.3) is 0 Å². The van der Waals surface area contributed by atoms with Crippen molar-refractivity contribution in [3.05, 3.63) is 213 Å². The summed E-state index contributed by atoms with van der Waals surface area (Å²) in [6.45, 7) is 0. The van der Waals surface area contributed by atoms with E-state index in [-0.39, 0.29) is 0 Å². The van der Waals surface area contributed by atoms with Crippen LogP contribution in [0.5, 0.6) is 0 Å². The summed E-state index contributed by atoms with van der Waals surface area (Å²) >= 11 is 0. The van der Waals surface area contributed by atoms with Crippen molar-refractivity contribution in [2.24, 2.45) is 0 Å². The molecule has 8 aromatic carbocycles. The summed E-state index contributed by atoms with van der Waals surface area (Å²) in [5.74, 6) is 0. The van der Waals surface area contributed by atoms with Crippen LogP contribution >= 0.6 is 0 Å². The molecule has 286 valence electrons. The van der Waals surface area contributed by atoms with E-state index in [0.717, 1.165) is 88.6 Å². The van der Waals surface area contributed by atoms with Crippen LogP contribution in [0.2, 0.25) is 0 Å². The number of aromatic nitrogens is 2. The van der Waals surface area contributed by atoms with Crippen molar-refractivity contribution in [2.45, 2.75) is 0 Å². The van der Waals surface area contributed by atoms with E-state index >= 15 is 0 Å². The van der Waals surface area contributed by atoms with Gasteiger partial charge in [0.2, 0.25) is 0 Å². The molecule has 12 rings (SSSR count). The normalized spacial score (nSPS) is 11.6. The van der Waals surface area contributed by atoms with Gasteiger partial charge < -0.3 is 13.7 Å². The van der Waals surface area contributed by atoms with Gasteiger partial charge in [0.1, 0.15) is 22.3 Å². The summed E-state index contributed by atoms with van der Waals surface area (Å²) in [6, 6.07) is 66.3. The van der Waals surface area contributed by atoms with Crippen LogP contribution in [0.4, 0.5) is 17.1 Å². The van der Waals surface area contributed by atoms with E-state index in [1.54, 1.807) is 0 Å². The Hall–Kier alpha value is -8.28. The van der Waals surface area contributed by atoms with Gasteiger partial charge in [0.15, 0.2) is 0 Å². The molecule has 0 saturated heterocycles. The lowest BCUT2D eigenvalue weighted by Crippen LogP contribution is -2.10. The van der Waals surface area contributed by atoms with E-state index in [1.165, 1.54) is 27.6 Å². The van der Waals surface area contributed by atoms with Gasteiger partial charge in [-0.1, -0.05) is 146 Å². The van der Waals surface area contributed by atoms with Gasteiger partial charge in [-0.3, -0.25) is 9.97 Å². The fourth-order valence-electron chi connectivity index (χ4n) is 8.90. The molecule has 0 N–H and O–H groups in total. The number of anilines is 3. The predicted molar refractivity (Wildman–Crippen MR) is 251 cm³/mol. The Morgan fingerprint density at radius 2 is 0.721 bits per heavy atom. The molecule has 0 aliphatic heterocycles. The van der Waals surface area contributed by atoms with Crippen LogP contribution in [0, 0.1) is 0 Å². The molecule has 0 spiro atoms. The number of para-hydroxylation sites is 2. The monoisotopic (exact) mass is 781 g/mol. The van der Waals surface area contributed by atoms with Crippen LogP contribution in [-0.4, -0.2) is 9.97 Å². The number of benzene rings is 8. The Morgan fingerprint density at radius 1 is 0.295 bits per heavy atom. The molecule has 0 aliphatic rings. The largest absolute Gasteiger partial charge is 0.455 e. The summed E-state index contributed by atoms with van der Waals surface area (Å²) in [7, 11) is 0. The number of fused-ring (bicyclic) bond motifs is 7. The van der Waals surface area contributed by atoms with Crippen LogP contribution < -0.4 is 4.90 Å². The molecule has 0 atom stereocenters. The zero-order valence-corrected chi connectivity index (χ0v) is 32.9. The maximum absolute atomic E-state index is 6.41. The van der Waals surface area contributed by atoms with Crippen LogP contribution in [0.1, 0.15) is 0 Å². The number of nitrogens with zero attached hydrogens (tertiary/aromatic N) is 3. The molecule has 0 amide bonds. The molecule has 4 heterocycles. The van der Waals surface area contributed by atoms with Crippen molar-refractivity contribution in [3.63, 3.8) is 0 Å². The van der Waals surface area contributed by atoms with Crippen LogP contribution in [0.15, 0.2) is 222 Å². The van der Waals surface area contributed by atoms with Crippen LogP contribution in [0.25, 0.3) is 99.2 Å². The predicted octanol–water partition coefficient (Wildman–Crippen LogP) is 15.6. The second-order valence-corrected chi connectivity index (χ2v) is 15.4. The molecule has 12 aromatic rings.